The van der Waals surface area contributed by atoms with Gasteiger partial charge in [0.1, 0.15) is 11.3 Å². The molecule has 8 heteroatoms. The number of hydrogen-bond donors (Lipinski definition) is 2. The summed E-state index contributed by atoms with van der Waals surface area (Å²) in [4.78, 5) is 24.7. The first-order chi connectivity index (χ1) is 9.49. The molecule has 0 atom stereocenters. The molecule has 0 aliphatic heterocycles. The Bertz CT molecular complexity index is 687. The number of rotatable bonds is 4. The Kier molecular flexibility index (Phi) is 3.47. The predicted octanol–water partition coefficient (Wildman–Crippen LogP) is 2.06. The number of nitrogen functional groups attached to an aromatic ring is 1. The summed E-state index contributed by atoms with van der Waals surface area (Å²) in [6.07, 6.45) is 0. The van der Waals surface area contributed by atoms with Crippen LogP contribution in [0.2, 0.25) is 0 Å². The maximum absolute atomic E-state index is 11.0. The van der Waals surface area contributed by atoms with E-state index in [0.717, 1.165) is 6.07 Å². The van der Waals surface area contributed by atoms with Crippen molar-refractivity contribution in [2.24, 2.45) is 0 Å². The second-order valence-electron chi connectivity index (χ2n) is 3.71. The van der Waals surface area contributed by atoms with E-state index in [-0.39, 0.29) is 28.7 Å². The summed E-state index contributed by atoms with van der Waals surface area (Å²) in [5, 5.41) is 19.6. The SMILES string of the molecule is Nc1nc(Oc2ccccc2C(=O)O)ccc1[N+](=O)[O-]. The Morgan fingerprint density at radius 2 is 2.00 bits per heavy atom. The van der Waals surface area contributed by atoms with Gasteiger partial charge in [-0.3, -0.25) is 10.1 Å². The van der Waals surface area contributed by atoms with Crippen molar-refractivity contribution >= 4 is 17.5 Å². The van der Waals surface area contributed by atoms with Gasteiger partial charge in [-0.15, -0.1) is 0 Å². The van der Waals surface area contributed by atoms with Crippen LogP contribution in [0, 0.1) is 10.1 Å². The van der Waals surface area contributed by atoms with Gasteiger partial charge in [0, 0.05) is 12.1 Å². The van der Waals surface area contributed by atoms with Crippen molar-refractivity contribution in [2.45, 2.75) is 0 Å². The lowest BCUT2D eigenvalue weighted by atomic mass is 10.2. The number of nitrogens with zero attached hydrogens (tertiary/aromatic N) is 2. The molecule has 0 unspecified atom stereocenters. The average Bonchev–Trinajstić information content (AvgIpc) is 2.38. The van der Waals surface area contributed by atoms with E-state index in [4.69, 9.17) is 15.6 Å². The number of nitrogens with two attached hydrogens (primary N) is 1. The number of anilines is 1. The number of para-hydroxylation sites is 1. The Balaban J connectivity index is 2.34. The van der Waals surface area contributed by atoms with Crippen LogP contribution in [0.15, 0.2) is 36.4 Å². The molecule has 1 aromatic carbocycles. The van der Waals surface area contributed by atoms with Crippen molar-refractivity contribution in [1.29, 1.82) is 0 Å². The monoisotopic (exact) mass is 275 g/mol. The van der Waals surface area contributed by atoms with Gasteiger partial charge in [-0.1, -0.05) is 12.1 Å². The molecule has 0 bridgehead atoms. The number of aromatic carboxylic acids is 1. The van der Waals surface area contributed by atoms with Crippen molar-refractivity contribution in [1.82, 2.24) is 4.98 Å². The van der Waals surface area contributed by atoms with Gasteiger partial charge in [0.05, 0.1) is 4.92 Å². The molecular weight excluding hydrogens is 266 g/mol. The zero-order chi connectivity index (χ0) is 14.7. The second-order valence-corrected chi connectivity index (χ2v) is 3.71. The minimum atomic E-state index is -1.16. The minimum Gasteiger partial charge on any atom is -0.478 e. The molecule has 3 N–H and O–H groups in total. The standard InChI is InChI=1S/C12H9N3O5/c13-11-8(15(18)19)5-6-10(14-11)20-9-4-2-1-3-7(9)12(16)17/h1-6H,(H2,13,14)(H,16,17). The third kappa shape index (κ3) is 2.64. The van der Waals surface area contributed by atoms with Gasteiger partial charge in [0.15, 0.2) is 0 Å². The number of nitro groups is 1. The summed E-state index contributed by atoms with van der Waals surface area (Å²) in [6.45, 7) is 0. The Morgan fingerprint density at radius 1 is 1.30 bits per heavy atom. The first-order valence-corrected chi connectivity index (χ1v) is 5.40. The zero-order valence-corrected chi connectivity index (χ0v) is 10.0. The van der Waals surface area contributed by atoms with E-state index in [2.05, 4.69) is 4.98 Å². The molecular formula is C12H9N3O5. The van der Waals surface area contributed by atoms with Crippen LogP contribution in [0.4, 0.5) is 11.5 Å². The summed E-state index contributed by atoms with van der Waals surface area (Å²) >= 11 is 0. The van der Waals surface area contributed by atoms with E-state index >= 15 is 0 Å². The lowest BCUT2D eigenvalue weighted by Gasteiger charge is -2.07. The number of pyridine rings is 1. The molecule has 20 heavy (non-hydrogen) atoms. The number of carbonyl (C=O) groups is 1. The third-order valence-electron chi connectivity index (χ3n) is 2.41. The lowest BCUT2D eigenvalue weighted by Crippen LogP contribution is -2.02. The highest BCUT2D eigenvalue weighted by molar-refractivity contribution is 5.90. The van der Waals surface area contributed by atoms with Crippen LogP contribution in [0.1, 0.15) is 10.4 Å². The Labute approximate surface area is 112 Å². The van der Waals surface area contributed by atoms with Gasteiger partial charge in [0.25, 0.3) is 0 Å². The zero-order valence-electron chi connectivity index (χ0n) is 10.0. The molecule has 8 nitrogen and oxygen atoms in total. The number of benzene rings is 1. The van der Waals surface area contributed by atoms with Crippen LogP contribution in [-0.2, 0) is 0 Å². The van der Waals surface area contributed by atoms with Gasteiger partial charge in [0.2, 0.25) is 11.7 Å². The van der Waals surface area contributed by atoms with E-state index in [1.807, 2.05) is 0 Å². The summed E-state index contributed by atoms with van der Waals surface area (Å²) in [7, 11) is 0. The topological polar surface area (TPSA) is 129 Å². The third-order valence-corrected chi connectivity index (χ3v) is 2.41. The molecule has 1 heterocycles. The molecule has 2 aromatic rings. The highest BCUT2D eigenvalue weighted by Crippen LogP contribution is 2.27. The molecule has 0 aliphatic carbocycles. The van der Waals surface area contributed by atoms with Crippen molar-refractivity contribution in [3.05, 3.63) is 52.1 Å². The first kappa shape index (κ1) is 13.3. The highest BCUT2D eigenvalue weighted by atomic mass is 16.6. The van der Waals surface area contributed by atoms with Gasteiger partial charge >= 0.3 is 11.7 Å². The number of hydrogen-bond acceptors (Lipinski definition) is 6. The molecule has 0 saturated carbocycles. The molecule has 1 aromatic heterocycles. The van der Waals surface area contributed by atoms with Gasteiger partial charge in [-0.25, -0.2) is 4.79 Å². The summed E-state index contributed by atoms with van der Waals surface area (Å²) in [6, 6.07) is 8.34. The number of aromatic nitrogens is 1. The molecule has 0 radical (unpaired) electrons. The number of carboxylic acids is 1. The predicted molar refractivity (Wildman–Crippen MR) is 68.8 cm³/mol. The van der Waals surface area contributed by atoms with Crippen molar-refractivity contribution in [3.63, 3.8) is 0 Å². The van der Waals surface area contributed by atoms with E-state index in [0.29, 0.717) is 0 Å². The molecule has 2 rings (SSSR count). The highest BCUT2D eigenvalue weighted by Gasteiger charge is 2.16. The van der Waals surface area contributed by atoms with E-state index in [1.165, 1.54) is 18.2 Å². The van der Waals surface area contributed by atoms with Gasteiger partial charge < -0.3 is 15.6 Å². The summed E-state index contributed by atoms with van der Waals surface area (Å²) < 4.78 is 5.29. The lowest BCUT2D eigenvalue weighted by molar-refractivity contribution is -0.384. The minimum absolute atomic E-state index is 0.0261. The number of ether oxygens (including phenoxy) is 1. The fourth-order valence-electron chi connectivity index (χ4n) is 1.51. The van der Waals surface area contributed by atoms with E-state index in [9.17, 15) is 14.9 Å². The van der Waals surface area contributed by atoms with Crippen LogP contribution >= 0.6 is 0 Å². The molecule has 0 saturated heterocycles. The van der Waals surface area contributed by atoms with Gasteiger partial charge in [-0.2, -0.15) is 4.98 Å². The maximum atomic E-state index is 11.0. The van der Waals surface area contributed by atoms with Crippen LogP contribution in [0.5, 0.6) is 11.6 Å². The largest absolute Gasteiger partial charge is 0.478 e. The molecule has 0 spiro atoms. The van der Waals surface area contributed by atoms with Crippen molar-refractivity contribution in [2.75, 3.05) is 5.73 Å². The van der Waals surface area contributed by atoms with E-state index < -0.39 is 10.9 Å². The van der Waals surface area contributed by atoms with Crippen molar-refractivity contribution < 1.29 is 19.6 Å². The van der Waals surface area contributed by atoms with Crippen LogP contribution in [-0.4, -0.2) is 21.0 Å². The maximum Gasteiger partial charge on any atom is 0.339 e. The average molecular weight is 275 g/mol. The molecule has 0 amide bonds. The fourth-order valence-corrected chi connectivity index (χ4v) is 1.51. The normalized spacial score (nSPS) is 10.0. The van der Waals surface area contributed by atoms with E-state index in [1.54, 1.807) is 12.1 Å². The first-order valence-electron chi connectivity index (χ1n) is 5.40. The Morgan fingerprint density at radius 3 is 2.60 bits per heavy atom. The van der Waals surface area contributed by atoms with Crippen LogP contribution < -0.4 is 10.5 Å². The smallest absolute Gasteiger partial charge is 0.339 e. The summed E-state index contributed by atoms with van der Waals surface area (Å²) in [5.41, 5.74) is 5.03. The quantitative estimate of drug-likeness (QED) is 0.645. The fraction of sp³-hybridized carbons (Fsp3) is 0. The second kappa shape index (κ2) is 5.22. The summed E-state index contributed by atoms with van der Waals surface area (Å²) in [5.74, 6) is -1.42. The molecule has 0 aliphatic rings. The molecule has 102 valence electrons. The Hall–Kier alpha value is -3.16. The van der Waals surface area contributed by atoms with Crippen LogP contribution in [0.25, 0.3) is 0 Å². The van der Waals surface area contributed by atoms with Crippen LogP contribution in [0.3, 0.4) is 0 Å². The molecule has 0 fully saturated rings. The van der Waals surface area contributed by atoms with Crippen molar-refractivity contribution in [3.8, 4) is 11.6 Å². The van der Waals surface area contributed by atoms with Gasteiger partial charge in [-0.05, 0) is 12.1 Å². The number of carboxylic acid groups (broad SMARTS) is 1.